The lowest BCUT2D eigenvalue weighted by Gasteiger charge is -2.34. The molecule has 3 aliphatic rings. The number of nitrogens with zero attached hydrogens (tertiary/aromatic N) is 3. The number of carbonyl (C=O) groups excluding carboxylic acids is 2. The van der Waals surface area contributed by atoms with Crippen LogP contribution in [0.25, 0.3) is 6.08 Å². The van der Waals surface area contributed by atoms with Gasteiger partial charge in [0.15, 0.2) is 0 Å². The molecular weight excluding hydrogens is 611 g/mol. The molecule has 0 aliphatic carbocycles. The summed E-state index contributed by atoms with van der Waals surface area (Å²) in [6.07, 6.45) is 0.640. The number of ether oxygens (including phenoxy) is 1. The summed E-state index contributed by atoms with van der Waals surface area (Å²) in [7, 11) is -3.71. The maximum atomic E-state index is 13.8. The Morgan fingerprint density at radius 1 is 1.14 bits per heavy atom. The third kappa shape index (κ3) is 7.90. The molecule has 3 fully saturated rings. The molecule has 0 radical (unpaired) electrons. The van der Waals surface area contributed by atoms with Gasteiger partial charge in [-0.05, 0) is 44.3 Å². The SMILES string of the molecule is CC(=Cc1csc(C)n1)C1CC2[C@@H](CCC[C@H](C)[C@H](O)[C@@H](C)C(=O)C(C)(C)[C@@H](O)CC(=O)O1)N2S(=O)(=O)N1CCSCC1. The van der Waals surface area contributed by atoms with Crippen molar-refractivity contribution in [3.05, 3.63) is 21.7 Å². The Hall–Kier alpha value is -1.35. The third-order valence-corrected chi connectivity index (χ3v) is 13.1. The highest BCUT2D eigenvalue weighted by Crippen LogP contribution is 2.43. The molecule has 2 N–H and O–H groups in total. The van der Waals surface area contributed by atoms with Gasteiger partial charge in [-0.15, -0.1) is 11.3 Å². The number of rotatable bonds is 4. The van der Waals surface area contributed by atoms with Crippen LogP contribution < -0.4 is 0 Å². The number of aryl methyl sites for hydroxylation is 1. The van der Waals surface area contributed by atoms with E-state index in [9.17, 15) is 28.2 Å². The van der Waals surface area contributed by atoms with Crippen molar-refractivity contribution in [3.8, 4) is 0 Å². The molecule has 0 bridgehead atoms. The first-order chi connectivity index (χ1) is 20.1. The summed E-state index contributed by atoms with van der Waals surface area (Å²) in [5, 5.41) is 24.9. The van der Waals surface area contributed by atoms with Crippen molar-refractivity contribution in [1.82, 2.24) is 13.6 Å². The van der Waals surface area contributed by atoms with Crippen LogP contribution in [0.1, 0.15) is 77.4 Å². The smallest absolute Gasteiger partial charge is 0.309 e. The maximum absolute atomic E-state index is 13.8. The number of hydrogen-bond acceptors (Lipinski definition) is 10. The summed E-state index contributed by atoms with van der Waals surface area (Å²) >= 11 is 3.25. The van der Waals surface area contributed by atoms with Gasteiger partial charge in [0.25, 0.3) is 10.2 Å². The van der Waals surface area contributed by atoms with E-state index in [1.54, 1.807) is 41.1 Å². The van der Waals surface area contributed by atoms with Gasteiger partial charge in [0.1, 0.15) is 11.9 Å². The first-order valence-corrected chi connectivity index (χ1v) is 18.6. The van der Waals surface area contributed by atoms with E-state index in [1.807, 2.05) is 32.2 Å². The second-order valence-electron chi connectivity index (χ2n) is 12.9. The molecule has 3 unspecified atom stereocenters. The number of aliphatic hydroxyl groups excluding tert-OH is 2. The number of ketones is 1. The number of Topliss-reactive ketones (excluding diaryl/α,β-unsaturated/α-hetero) is 1. The number of carbonyl (C=O) groups is 2. The zero-order chi connectivity index (χ0) is 31.7. The van der Waals surface area contributed by atoms with Crippen LogP contribution in [0.15, 0.2) is 11.0 Å². The molecule has 43 heavy (non-hydrogen) atoms. The second-order valence-corrected chi connectivity index (χ2v) is 17.0. The lowest BCUT2D eigenvalue weighted by atomic mass is 9.73. The number of cyclic esters (lactones) is 1. The summed E-state index contributed by atoms with van der Waals surface area (Å²) < 4.78 is 36.7. The Morgan fingerprint density at radius 3 is 2.44 bits per heavy atom. The Morgan fingerprint density at radius 2 is 1.81 bits per heavy atom. The van der Waals surface area contributed by atoms with Crippen LogP contribution in [0.3, 0.4) is 0 Å². The van der Waals surface area contributed by atoms with Crippen molar-refractivity contribution in [2.75, 3.05) is 24.6 Å². The molecule has 0 saturated carbocycles. The van der Waals surface area contributed by atoms with E-state index >= 15 is 0 Å². The minimum Gasteiger partial charge on any atom is -0.458 e. The van der Waals surface area contributed by atoms with E-state index < -0.39 is 52.2 Å². The average molecular weight is 658 g/mol. The summed E-state index contributed by atoms with van der Waals surface area (Å²) in [5.41, 5.74) is 0.180. The maximum Gasteiger partial charge on any atom is 0.309 e. The molecule has 0 aromatic carbocycles. The topological polar surface area (TPSA) is 137 Å². The van der Waals surface area contributed by atoms with Crippen LogP contribution in [0, 0.1) is 24.2 Å². The van der Waals surface area contributed by atoms with Gasteiger partial charge in [-0.2, -0.15) is 28.8 Å². The highest BCUT2D eigenvalue weighted by atomic mass is 32.2. The Labute approximate surface area is 264 Å². The van der Waals surface area contributed by atoms with Gasteiger partial charge in [-0.1, -0.05) is 34.1 Å². The van der Waals surface area contributed by atoms with E-state index in [-0.39, 0.29) is 30.2 Å². The first kappa shape index (κ1) is 34.5. The molecule has 3 saturated heterocycles. The summed E-state index contributed by atoms with van der Waals surface area (Å²) in [6.45, 7) is 11.4. The normalized spacial score (nSPS) is 35.7. The Bertz CT molecular complexity index is 1290. The third-order valence-electron chi connectivity index (χ3n) is 9.32. The van der Waals surface area contributed by atoms with E-state index in [0.29, 0.717) is 32.4 Å². The van der Waals surface area contributed by atoms with E-state index in [2.05, 4.69) is 4.98 Å². The fourth-order valence-corrected chi connectivity index (χ4v) is 10.0. The average Bonchev–Trinajstić information content (AvgIpc) is 3.50. The van der Waals surface area contributed by atoms with Crippen molar-refractivity contribution < 1.29 is 33.0 Å². The number of thioether (sulfide) groups is 1. The van der Waals surface area contributed by atoms with Gasteiger partial charge in [-0.3, -0.25) is 9.59 Å². The molecule has 8 atom stereocenters. The predicted molar refractivity (Wildman–Crippen MR) is 170 cm³/mol. The van der Waals surface area contributed by atoms with Crippen LogP contribution >= 0.6 is 23.1 Å². The zero-order valence-electron chi connectivity index (χ0n) is 26.1. The number of esters is 1. The largest absolute Gasteiger partial charge is 0.458 e. The zero-order valence-corrected chi connectivity index (χ0v) is 28.5. The fraction of sp³-hybridized carbons (Fsp3) is 0.767. The minimum absolute atomic E-state index is 0.203. The van der Waals surface area contributed by atoms with Crippen molar-refractivity contribution in [3.63, 3.8) is 0 Å². The number of thiazole rings is 1. The van der Waals surface area contributed by atoms with Crippen molar-refractivity contribution in [2.24, 2.45) is 17.3 Å². The first-order valence-electron chi connectivity index (χ1n) is 15.2. The number of aliphatic hydroxyl groups is 2. The Kier molecular flexibility index (Phi) is 11.2. The molecule has 0 amide bonds. The van der Waals surface area contributed by atoms with Gasteiger partial charge >= 0.3 is 5.97 Å². The number of aromatic nitrogens is 1. The van der Waals surface area contributed by atoms with Crippen LogP contribution in [0.5, 0.6) is 0 Å². The van der Waals surface area contributed by atoms with E-state index in [1.165, 1.54) is 11.3 Å². The molecule has 1 aromatic rings. The highest BCUT2D eigenvalue weighted by molar-refractivity contribution is 7.99. The van der Waals surface area contributed by atoms with Gasteiger partial charge in [-0.25, -0.2) is 4.98 Å². The molecule has 242 valence electrons. The monoisotopic (exact) mass is 657 g/mol. The van der Waals surface area contributed by atoms with E-state index in [0.717, 1.165) is 27.8 Å². The lowest BCUT2D eigenvalue weighted by molar-refractivity contribution is -0.154. The summed E-state index contributed by atoms with van der Waals surface area (Å²) in [4.78, 5) is 31.2. The van der Waals surface area contributed by atoms with Gasteiger partial charge < -0.3 is 14.9 Å². The van der Waals surface area contributed by atoms with Crippen LogP contribution in [-0.2, 0) is 24.5 Å². The number of hydrogen-bond donors (Lipinski definition) is 2. The van der Waals surface area contributed by atoms with Crippen LogP contribution in [0.2, 0.25) is 0 Å². The predicted octanol–water partition coefficient (Wildman–Crippen LogP) is 3.67. The fourth-order valence-electron chi connectivity index (χ4n) is 6.30. The van der Waals surface area contributed by atoms with Gasteiger partial charge in [0.2, 0.25) is 0 Å². The molecule has 13 heteroatoms. The van der Waals surface area contributed by atoms with E-state index in [4.69, 9.17) is 4.74 Å². The Balaban J connectivity index is 1.66. The number of fused-ring (bicyclic) bond motifs is 1. The van der Waals surface area contributed by atoms with Gasteiger partial charge in [0, 0.05) is 54.4 Å². The molecule has 3 aliphatic heterocycles. The molecular formula is C30H47N3O7S3. The minimum atomic E-state index is -3.71. The molecule has 10 nitrogen and oxygen atoms in total. The lowest BCUT2D eigenvalue weighted by Crippen LogP contribution is -2.45. The van der Waals surface area contributed by atoms with Crippen LogP contribution in [-0.4, -0.2) is 99.0 Å². The van der Waals surface area contributed by atoms with Crippen molar-refractivity contribution in [1.29, 1.82) is 0 Å². The van der Waals surface area contributed by atoms with Crippen molar-refractivity contribution in [2.45, 2.75) is 104 Å². The summed E-state index contributed by atoms with van der Waals surface area (Å²) in [6, 6.07) is -0.608. The quantitative estimate of drug-likeness (QED) is 0.367. The molecule has 4 heterocycles. The van der Waals surface area contributed by atoms with Crippen molar-refractivity contribution >= 4 is 51.1 Å². The highest BCUT2D eigenvalue weighted by Gasteiger charge is 2.57. The molecule has 1 aromatic heterocycles. The summed E-state index contributed by atoms with van der Waals surface area (Å²) in [5.74, 6) is -0.430. The molecule has 4 rings (SSSR count). The second kappa shape index (κ2) is 14.0. The van der Waals surface area contributed by atoms with Crippen LogP contribution in [0.4, 0.5) is 0 Å². The standard InChI is InChI=1S/C30H47N3O7S3/c1-18-8-7-9-23-24(33(23)43(38,39)32-10-12-41-13-11-32)15-25(19(2)14-22-17-42-21(4)31-22)40-27(35)16-26(34)30(5,6)29(37)20(3)28(18)36/h14,17-18,20,23-26,28,34,36H,7-13,15-16H2,1-6H3/t18-,20+,23+,24?,25?,26-,28-,33?/m0/s1. The van der Waals surface area contributed by atoms with Gasteiger partial charge in [0.05, 0.1) is 34.7 Å². The molecule has 0 spiro atoms.